The molecule has 0 aliphatic carbocycles. The molecule has 1 N–H and O–H groups in total. The summed E-state index contributed by atoms with van der Waals surface area (Å²) in [4.78, 5) is 8.59. The lowest BCUT2D eigenvalue weighted by Crippen LogP contribution is -2.27. The molecule has 1 unspecified atom stereocenters. The lowest BCUT2D eigenvalue weighted by atomic mass is 10.0. The highest BCUT2D eigenvalue weighted by molar-refractivity contribution is 5.09. The first-order valence-corrected chi connectivity index (χ1v) is 6.86. The molecule has 1 atom stereocenters. The summed E-state index contributed by atoms with van der Waals surface area (Å²) in [5.74, 6) is 1.52. The SMILES string of the molecule is c1cncc(CCc2nc(C3CCCCN3)no2)c1. The topological polar surface area (TPSA) is 63.8 Å². The lowest BCUT2D eigenvalue weighted by molar-refractivity contribution is 0.348. The number of pyridine rings is 1. The summed E-state index contributed by atoms with van der Waals surface area (Å²) in [6.45, 7) is 1.05. The van der Waals surface area contributed by atoms with Crippen LogP contribution in [0.4, 0.5) is 0 Å². The summed E-state index contributed by atoms with van der Waals surface area (Å²) >= 11 is 0. The van der Waals surface area contributed by atoms with Crippen molar-refractivity contribution in [1.82, 2.24) is 20.4 Å². The largest absolute Gasteiger partial charge is 0.339 e. The predicted octanol–water partition coefficient (Wildman–Crippen LogP) is 2.06. The zero-order chi connectivity index (χ0) is 12.9. The number of nitrogens with one attached hydrogen (secondary N) is 1. The van der Waals surface area contributed by atoms with Crippen molar-refractivity contribution < 1.29 is 4.52 Å². The Labute approximate surface area is 112 Å². The molecule has 100 valence electrons. The van der Waals surface area contributed by atoms with E-state index in [2.05, 4.69) is 26.5 Å². The second-order valence-corrected chi connectivity index (χ2v) is 4.91. The number of hydrogen-bond donors (Lipinski definition) is 1. The van der Waals surface area contributed by atoms with Crippen molar-refractivity contribution in [3.8, 4) is 0 Å². The first kappa shape index (κ1) is 12.3. The Balaban J connectivity index is 1.58. The number of rotatable bonds is 4. The minimum absolute atomic E-state index is 0.268. The van der Waals surface area contributed by atoms with Crippen molar-refractivity contribution in [2.24, 2.45) is 0 Å². The summed E-state index contributed by atoms with van der Waals surface area (Å²) in [6, 6.07) is 4.28. The summed E-state index contributed by atoms with van der Waals surface area (Å²) in [7, 11) is 0. The maximum atomic E-state index is 5.32. The molecule has 5 heteroatoms. The molecule has 2 aromatic heterocycles. The van der Waals surface area contributed by atoms with Gasteiger partial charge in [0, 0.05) is 18.8 Å². The third kappa shape index (κ3) is 3.17. The number of piperidine rings is 1. The normalized spacial score (nSPS) is 19.5. The fraction of sp³-hybridized carbons (Fsp3) is 0.500. The van der Waals surface area contributed by atoms with Gasteiger partial charge in [0.15, 0.2) is 5.82 Å². The van der Waals surface area contributed by atoms with Gasteiger partial charge in [0.2, 0.25) is 5.89 Å². The smallest absolute Gasteiger partial charge is 0.227 e. The zero-order valence-electron chi connectivity index (χ0n) is 10.9. The van der Waals surface area contributed by atoms with E-state index in [0.717, 1.165) is 31.6 Å². The van der Waals surface area contributed by atoms with E-state index in [1.807, 2.05) is 12.3 Å². The van der Waals surface area contributed by atoms with E-state index in [0.29, 0.717) is 5.89 Å². The molecule has 2 aromatic rings. The molecule has 1 saturated heterocycles. The Hall–Kier alpha value is -1.75. The standard InChI is InChI=1S/C14H18N4O/c1-2-9-16-12(5-1)14-17-13(19-18-14)7-6-11-4-3-8-15-10-11/h3-4,8,10,12,16H,1-2,5-7,9H2. The van der Waals surface area contributed by atoms with Gasteiger partial charge < -0.3 is 9.84 Å². The van der Waals surface area contributed by atoms with Crippen molar-refractivity contribution in [3.05, 3.63) is 41.8 Å². The van der Waals surface area contributed by atoms with Gasteiger partial charge in [0.25, 0.3) is 0 Å². The van der Waals surface area contributed by atoms with Crippen molar-refractivity contribution in [1.29, 1.82) is 0 Å². The molecule has 19 heavy (non-hydrogen) atoms. The molecule has 1 aliphatic rings. The molecule has 0 radical (unpaired) electrons. The summed E-state index contributed by atoms with van der Waals surface area (Å²) in [5.41, 5.74) is 1.19. The minimum atomic E-state index is 0.268. The highest BCUT2D eigenvalue weighted by Crippen LogP contribution is 2.20. The van der Waals surface area contributed by atoms with Gasteiger partial charge in [-0.25, -0.2) is 0 Å². The van der Waals surface area contributed by atoms with Crippen molar-refractivity contribution >= 4 is 0 Å². The van der Waals surface area contributed by atoms with Crippen LogP contribution in [-0.4, -0.2) is 21.7 Å². The maximum absolute atomic E-state index is 5.32. The van der Waals surface area contributed by atoms with Crippen LogP contribution in [0.2, 0.25) is 0 Å². The third-order valence-electron chi connectivity index (χ3n) is 3.46. The van der Waals surface area contributed by atoms with Gasteiger partial charge in [-0.3, -0.25) is 4.98 Å². The van der Waals surface area contributed by atoms with Crippen LogP contribution in [0.3, 0.4) is 0 Å². The molecule has 1 aliphatic heterocycles. The van der Waals surface area contributed by atoms with Gasteiger partial charge >= 0.3 is 0 Å². The summed E-state index contributed by atoms with van der Waals surface area (Å²) in [5, 5.41) is 7.52. The summed E-state index contributed by atoms with van der Waals surface area (Å²) in [6.07, 6.45) is 8.88. The molecular weight excluding hydrogens is 240 g/mol. The molecular formula is C14H18N4O. The molecule has 0 saturated carbocycles. The quantitative estimate of drug-likeness (QED) is 0.909. The van der Waals surface area contributed by atoms with Crippen LogP contribution in [0.15, 0.2) is 29.0 Å². The number of nitrogens with zero attached hydrogens (tertiary/aromatic N) is 3. The molecule has 3 rings (SSSR count). The van der Waals surface area contributed by atoms with Crippen LogP contribution in [0.5, 0.6) is 0 Å². The van der Waals surface area contributed by atoms with E-state index in [9.17, 15) is 0 Å². The van der Waals surface area contributed by atoms with Gasteiger partial charge in [-0.1, -0.05) is 17.6 Å². The monoisotopic (exact) mass is 258 g/mol. The lowest BCUT2D eigenvalue weighted by Gasteiger charge is -2.19. The van der Waals surface area contributed by atoms with Crippen LogP contribution in [0.1, 0.15) is 42.6 Å². The average Bonchev–Trinajstić information content (AvgIpc) is 2.96. The van der Waals surface area contributed by atoms with Gasteiger partial charge in [0.05, 0.1) is 6.04 Å². The third-order valence-corrected chi connectivity index (χ3v) is 3.46. The molecule has 0 aromatic carbocycles. The Kier molecular flexibility index (Phi) is 3.83. The van der Waals surface area contributed by atoms with Crippen LogP contribution in [0, 0.1) is 0 Å². The molecule has 3 heterocycles. The van der Waals surface area contributed by atoms with E-state index in [-0.39, 0.29) is 6.04 Å². The molecule has 0 bridgehead atoms. The minimum Gasteiger partial charge on any atom is -0.339 e. The van der Waals surface area contributed by atoms with Crippen LogP contribution >= 0.6 is 0 Å². The average molecular weight is 258 g/mol. The Morgan fingerprint density at radius 3 is 3.11 bits per heavy atom. The Bertz CT molecular complexity index is 505. The fourth-order valence-corrected chi connectivity index (χ4v) is 2.38. The zero-order valence-corrected chi connectivity index (χ0v) is 10.9. The van der Waals surface area contributed by atoms with Crippen LogP contribution < -0.4 is 5.32 Å². The first-order chi connectivity index (χ1) is 9.42. The van der Waals surface area contributed by atoms with Gasteiger partial charge in [-0.05, 0) is 37.4 Å². The molecule has 5 nitrogen and oxygen atoms in total. The first-order valence-electron chi connectivity index (χ1n) is 6.86. The van der Waals surface area contributed by atoms with E-state index in [1.165, 1.54) is 18.4 Å². The van der Waals surface area contributed by atoms with Crippen molar-refractivity contribution in [2.75, 3.05) is 6.54 Å². The van der Waals surface area contributed by atoms with Crippen LogP contribution in [0.25, 0.3) is 0 Å². The Morgan fingerprint density at radius 2 is 2.32 bits per heavy atom. The number of aryl methyl sites for hydroxylation is 2. The van der Waals surface area contributed by atoms with E-state index in [1.54, 1.807) is 6.20 Å². The van der Waals surface area contributed by atoms with Crippen molar-refractivity contribution in [2.45, 2.75) is 38.1 Å². The molecule has 0 spiro atoms. The fourth-order valence-electron chi connectivity index (χ4n) is 2.38. The van der Waals surface area contributed by atoms with E-state index in [4.69, 9.17) is 4.52 Å². The second-order valence-electron chi connectivity index (χ2n) is 4.91. The van der Waals surface area contributed by atoms with Gasteiger partial charge in [-0.2, -0.15) is 4.98 Å². The van der Waals surface area contributed by atoms with Crippen LogP contribution in [-0.2, 0) is 12.8 Å². The highest BCUT2D eigenvalue weighted by atomic mass is 16.5. The summed E-state index contributed by atoms with van der Waals surface area (Å²) < 4.78 is 5.32. The second kappa shape index (κ2) is 5.93. The predicted molar refractivity (Wildman–Crippen MR) is 70.5 cm³/mol. The van der Waals surface area contributed by atoms with Crippen molar-refractivity contribution in [3.63, 3.8) is 0 Å². The highest BCUT2D eigenvalue weighted by Gasteiger charge is 2.20. The number of hydrogen-bond acceptors (Lipinski definition) is 5. The van der Waals surface area contributed by atoms with E-state index >= 15 is 0 Å². The molecule has 0 amide bonds. The molecule has 1 fully saturated rings. The van der Waals surface area contributed by atoms with Gasteiger partial charge in [0.1, 0.15) is 0 Å². The number of aromatic nitrogens is 3. The van der Waals surface area contributed by atoms with E-state index < -0.39 is 0 Å². The maximum Gasteiger partial charge on any atom is 0.227 e. The van der Waals surface area contributed by atoms with Gasteiger partial charge in [-0.15, -0.1) is 0 Å². The Morgan fingerprint density at radius 1 is 1.32 bits per heavy atom.